The average molecular weight is 441 g/mol. The van der Waals surface area contributed by atoms with Crippen LogP contribution in [0.5, 0.6) is 5.75 Å². The van der Waals surface area contributed by atoms with Gasteiger partial charge in [0.25, 0.3) is 11.8 Å². The van der Waals surface area contributed by atoms with Crippen LogP contribution in [-0.2, 0) is 11.4 Å². The van der Waals surface area contributed by atoms with Gasteiger partial charge in [0, 0.05) is 10.2 Å². The Morgan fingerprint density at radius 2 is 1.93 bits per heavy atom. The van der Waals surface area contributed by atoms with Gasteiger partial charge in [-0.3, -0.25) is 19.3 Å². The summed E-state index contributed by atoms with van der Waals surface area (Å²) < 4.78 is 6.78. The molecule has 1 unspecified atom stereocenters. The van der Waals surface area contributed by atoms with Crippen LogP contribution in [0.4, 0.5) is 0 Å². The number of ether oxygens (including phenoxy) is 1. The number of imide groups is 1. The lowest BCUT2D eigenvalue weighted by atomic mass is 10.0. The molecule has 1 N–H and O–H groups in total. The summed E-state index contributed by atoms with van der Waals surface area (Å²) in [6, 6.07) is 11.7. The molecule has 2 aliphatic heterocycles. The lowest BCUT2D eigenvalue weighted by Crippen LogP contribution is -2.51. The molecule has 0 radical (unpaired) electrons. The van der Waals surface area contributed by atoms with Gasteiger partial charge in [0.15, 0.2) is 0 Å². The lowest BCUT2D eigenvalue weighted by molar-refractivity contribution is -0.125. The summed E-state index contributed by atoms with van der Waals surface area (Å²) in [4.78, 5) is 39.2. The van der Waals surface area contributed by atoms with Gasteiger partial charge >= 0.3 is 0 Å². The molecule has 6 nitrogen and oxygen atoms in total. The van der Waals surface area contributed by atoms with Gasteiger partial charge in [-0.25, -0.2) is 0 Å². The van der Waals surface area contributed by atoms with Crippen molar-refractivity contribution >= 4 is 33.7 Å². The molecular weight excluding hydrogens is 424 g/mol. The zero-order valence-corrected chi connectivity index (χ0v) is 16.5. The highest BCUT2D eigenvalue weighted by Gasteiger charge is 2.45. The van der Waals surface area contributed by atoms with Gasteiger partial charge in [-0.15, -0.1) is 0 Å². The lowest BCUT2D eigenvalue weighted by Gasteiger charge is -2.29. The Kier molecular flexibility index (Phi) is 4.77. The predicted molar refractivity (Wildman–Crippen MR) is 106 cm³/mol. The maximum atomic E-state index is 13.0. The number of nitrogens with zero attached hydrogens (tertiary/aromatic N) is 1. The molecule has 0 aromatic heterocycles. The number of piperidine rings is 1. The monoisotopic (exact) mass is 440 g/mol. The Morgan fingerprint density at radius 3 is 2.68 bits per heavy atom. The van der Waals surface area contributed by atoms with Crippen molar-refractivity contribution in [3.8, 4) is 5.75 Å². The van der Waals surface area contributed by atoms with E-state index < -0.39 is 17.9 Å². The van der Waals surface area contributed by atoms with Crippen molar-refractivity contribution in [1.82, 2.24) is 10.2 Å². The quantitative estimate of drug-likeness (QED) is 0.738. The fraction of sp³-hybridized carbons (Fsp3) is 0.190. The van der Waals surface area contributed by atoms with E-state index in [-0.39, 0.29) is 23.6 Å². The van der Waals surface area contributed by atoms with E-state index in [4.69, 9.17) is 4.74 Å². The van der Waals surface area contributed by atoms with Crippen molar-refractivity contribution in [2.24, 2.45) is 0 Å². The zero-order chi connectivity index (χ0) is 19.8. The molecule has 2 aromatic carbocycles. The first kappa shape index (κ1) is 18.4. The topological polar surface area (TPSA) is 75.7 Å². The molecular formula is C21H17BrN2O4. The minimum Gasteiger partial charge on any atom is -0.488 e. The molecule has 1 fully saturated rings. The van der Waals surface area contributed by atoms with Gasteiger partial charge in [-0.05, 0) is 42.7 Å². The number of nitrogens with one attached hydrogen (secondary N) is 1. The summed E-state index contributed by atoms with van der Waals surface area (Å²) in [6.45, 7) is 3.98. The Bertz CT molecular complexity index is 1020. The van der Waals surface area contributed by atoms with Gasteiger partial charge in [-0.2, -0.15) is 0 Å². The minimum absolute atomic E-state index is 0.208. The number of fused-ring (bicyclic) bond motifs is 1. The smallest absolute Gasteiger partial charge is 0.266 e. The average Bonchev–Trinajstić information content (AvgIpc) is 2.92. The fourth-order valence-corrected chi connectivity index (χ4v) is 3.92. The molecule has 4 rings (SSSR count). The van der Waals surface area contributed by atoms with E-state index in [1.54, 1.807) is 18.2 Å². The van der Waals surface area contributed by atoms with Crippen LogP contribution >= 0.6 is 15.9 Å². The molecule has 28 heavy (non-hydrogen) atoms. The summed E-state index contributed by atoms with van der Waals surface area (Å²) in [5, 5.41) is 2.63. The van der Waals surface area contributed by atoms with E-state index in [0.717, 1.165) is 14.9 Å². The third-order valence-electron chi connectivity index (χ3n) is 4.83. The zero-order valence-electron chi connectivity index (χ0n) is 14.9. The molecule has 0 bridgehead atoms. The number of amides is 3. The normalized spacial score (nSPS) is 18.9. The second-order valence-electron chi connectivity index (χ2n) is 6.72. The summed E-state index contributed by atoms with van der Waals surface area (Å²) in [5.74, 6) is -1.03. The third kappa shape index (κ3) is 3.22. The van der Waals surface area contributed by atoms with Gasteiger partial charge in [0.05, 0.1) is 11.1 Å². The van der Waals surface area contributed by atoms with E-state index in [1.807, 2.05) is 24.3 Å². The van der Waals surface area contributed by atoms with E-state index >= 15 is 0 Å². The Labute approximate surface area is 170 Å². The van der Waals surface area contributed by atoms with E-state index in [2.05, 4.69) is 27.8 Å². The van der Waals surface area contributed by atoms with Gasteiger partial charge < -0.3 is 10.1 Å². The molecule has 0 saturated carbocycles. The van der Waals surface area contributed by atoms with Crippen molar-refractivity contribution < 1.29 is 19.1 Å². The van der Waals surface area contributed by atoms with Crippen molar-refractivity contribution in [2.45, 2.75) is 25.5 Å². The molecule has 2 heterocycles. The van der Waals surface area contributed by atoms with E-state index in [9.17, 15) is 14.4 Å². The van der Waals surface area contributed by atoms with Crippen LogP contribution < -0.4 is 10.1 Å². The second kappa shape index (κ2) is 7.24. The first-order valence-corrected chi connectivity index (χ1v) is 9.62. The SMILES string of the molecule is C=C1CCC(N2C(=O)c3cccc(OCc4cccc(Br)c4)c3C2=O)C(=O)N1. The summed E-state index contributed by atoms with van der Waals surface area (Å²) >= 11 is 3.41. The Hall–Kier alpha value is -2.93. The number of allylic oxidation sites excluding steroid dienone is 1. The molecule has 7 heteroatoms. The molecule has 0 aliphatic carbocycles. The van der Waals surface area contributed by atoms with Crippen LogP contribution in [0.3, 0.4) is 0 Å². The number of carbonyl (C=O) groups excluding carboxylic acids is 3. The van der Waals surface area contributed by atoms with Crippen molar-refractivity contribution in [2.75, 3.05) is 0 Å². The van der Waals surface area contributed by atoms with Gasteiger partial charge in [0.1, 0.15) is 18.4 Å². The molecule has 1 atom stereocenters. The number of benzene rings is 2. The van der Waals surface area contributed by atoms with Gasteiger partial charge in [-0.1, -0.05) is 40.7 Å². The molecule has 0 spiro atoms. The maximum Gasteiger partial charge on any atom is 0.266 e. The third-order valence-corrected chi connectivity index (χ3v) is 5.32. The Balaban J connectivity index is 1.61. The summed E-state index contributed by atoms with van der Waals surface area (Å²) in [5.41, 5.74) is 1.98. The van der Waals surface area contributed by atoms with Crippen LogP contribution in [0.25, 0.3) is 0 Å². The molecule has 3 amide bonds. The molecule has 142 valence electrons. The van der Waals surface area contributed by atoms with Crippen LogP contribution in [0.1, 0.15) is 39.1 Å². The van der Waals surface area contributed by atoms with E-state index in [0.29, 0.717) is 24.3 Å². The minimum atomic E-state index is -0.837. The number of rotatable bonds is 4. The standard InChI is InChI=1S/C21H17BrN2O4/c1-12-8-9-16(19(25)23-12)24-20(26)15-6-3-7-17(18(15)21(24)27)28-11-13-4-2-5-14(22)10-13/h2-7,10,16H,1,8-9,11H2,(H,23,25). The van der Waals surface area contributed by atoms with Gasteiger partial charge in [0.2, 0.25) is 5.91 Å². The fourth-order valence-electron chi connectivity index (χ4n) is 3.47. The van der Waals surface area contributed by atoms with Crippen LogP contribution in [0, 0.1) is 0 Å². The van der Waals surface area contributed by atoms with Crippen LogP contribution in [0.2, 0.25) is 0 Å². The number of halogens is 1. The highest BCUT2D eigenvalue weighted by Crippen LogP contribution is 2.34. The van der Waals surface area contributed by atoms with Crippen LogP contribution in [-0.4, -0.2) is 28.7 Å². The van der Waals surface area contributed by atoms with Crippen molar-refractivity contribution in [1.29, 1.82) is 0 Å². The van der Waals surface area contributed by atoms with Crippen molar-refractivity contribution in [3.63, 3.8) is 0 Å². The second-order valence-corrected chi connectivity index (χ2v) is 7.64. The first-order chi connectivity index (χ1) is 13.5. The molecule has 1 saturated heterocycles. The number of hydrogen-bond acceptors (Lipinski definition) is 4. The highest BCUT2D eigenvalue weighted by molar-refractivity contribution is 9.10. The summed E-state index contributed by atoms with van der Waals surface area (Å²) in [7, 11) is 0. The Morgan fingerprint density at radius 1 is 1.14 bits per heavy atom. The molecule has 2 aromatic rings. The first-order valence-electron chi connectivity index (χ1n) is 8.82. The maximum absolute atomic E-state index is 13.0. The largest absolute Gasteiger partial charge is 0.488 e. The number of carbonyl (C=O) groups is 3. The van der Waals surface area contributed by atoms with Crippen LogP contribution in [0.15, 0.2) is 59.2 Å². The van der Waals surface area contributed by atoms with E-state index in [1.165, 1.54) is 0 Å². The predicted octanol–water partition coefficient (Wildman–Crippen LogP) is 3.42. The highest BCUT2D eigenvalue weighted by atomic mass is 79.9. The van der Waals surface area contributed by atoms with Crippen molar-refractivity contribution in [3.05, 3.63) is 75.9 Å². The summed E-state index contributed by atoms with van der Waals surface area (Å²) in [6.07, 6.45) is 0.889. The molecule has 2 aliphatic rings. The number of hydrogen-bond donors (Lipinski definition) is 1.